The number of aromatic amines is 1. The highest BCUT2D eigenvalue weighted by atomic mass is 16.5. The summed E-state index contributed by atoms with van der Waals surface area (Å²) >= 11 is 0. The SMILES string of the molecule is CCOc1ccc2[nH]c(C)c(C#N)c2c1. The van der Waals surface area contributed by atoms with Crippen molar-refractivity contribution >= 4 is 10.9 Å². The predicted octanol–water partition coefficient (Wildman–Crippen LogP) is 2.75. The van der Waals surface area contributed by atoms with E-state index in [1.165, 1.54) is 0 Å². The highest BCUT2D eigenvalue weighted by Crippen LogP contribution is 2.25. The van der Waals surface area contributed by atoms with Crippen LogP contribution in [0, 0.1) is 18.3 Å². The fourth-order valence-electron chi connectivity index (χ4n) is 1.71. The molecule has 0 aliphatic rings. The molecule has 2 rings (SSSR count). The van der Waals surface area contributed by atoms with Crippen LogP contribution in [0.5, 0.6) is 5.75 Å². The molecule has 0 saturated carbocycles. The van der Waals surface area contributed by atoms with E-state index >= 15 is 0 Å². The summed E-state index contributed by atoms with van der Waals surface area (Å²) in [7, 11) is 0. The third-order valence-corrected chi connectivity index (χ3v) is 2.38. The Kier molecular flexibility index (Phi) is 2.34. The zero-order valence-electron chi connectivity index (χ0n) is 8.79. The van der Waals surface area contributed by atoms with Crippen molar-refractivity contribution in [1.29, 1.82) is 5.26 Å². The minimum atomic E-state index is 0.636. The summed E-state index contributed by atoms with van der Waals surface area (Å²) in [5.41, 5.74) is 2.58. The first kappa shape index (κ1) is 9.60. The van der Waals surface area contributed by atoms with Gasteiger partial charge in [0.05, 0.1) is 12.2 Å². The van der Waals surface area contributed by atoms with Crippen molar-refractivity contribution in [3.8, 4) is 11.8 Å². The van der Waals surface area contributed by atoms with E-state index in [1.807, 2.05) is 32.0 Å². The number of H-pyrrole nitrogens is 1. The van der Waals surface area contributed by atoms with Gasteiger partial charge in [-0.15, -0.1) is 0 Å². The molecule has 0 spiro atoms. The van der Waals surface area contributed by atoms with Gasteiger partial charge < -0.3 is 9.72 Å². The van der Waals surface area contributed by atoms with Gasteiger partial charge >= 0.3 is 0 Å². The fraction of sp³-hybridized carbons (Fsp3) is 0.250. The Morgan fingerprint density at radius 2 is 2.27 bits per heavy atom. The molecular weight excluding hydrogens is 188 g/mol. The molecular formula is C12H12N2O. The number of hydrogen-bond acceptors (Lipinski definition) is 2. The van der Waals surface area contributed by atoms with Crippen LogP contribution < -0.4 is 4.74 Å². The summed E-state index contributed by atoms with van der Waals surface area (Å²) in [4.78, 5) is 3.17. The zero-order chi connectivity index (χ0) is 10.8. The Labute approximate surface area is 88.3 Å². The van der Waals surface area contributed by atoms with E-state index < -0.39 is 0 Å². The minimum Gasteiger partial charge on any atom is -0.494 e. The van der Waals surface area contributed by atoms with Crippen LogP contribution in [0.2, 0.25) is 0 Å². The van der Waals surface area contributed by atoms with Gasteiger partial charge in [-0.05, 0) is 32.0 Å². The number of nitriles is 1. The van der Waals surface area contributed by atoms with Gasteiger partial charge in [-0.3, -0.25) is 0 Å². The molecule has 0 fully saturated rings. The van der Waals surface area contributed by atoms with E-state index in [2.05, 4.69) is 11.1 Å². The number of rotatable bonds is 2. The Bertz CT molecular complexity index is 534. The van der Waals surface area contributed by atoms with Crippen LogP contribution in [0.3, 0.4) is 0 Å². The van der Waals surface area contributed by atoms with E-state index in [-0.39, 0.29) is 0 Å². The lowest BCUT2D eigenvalue weighted by molar-refractivity contribution is 0.341. The lowest BCUT2D eigenvalue weighted by atomic mass is 10.1. The maximum absolute atomic E-state index is 9.02. The molecule has 1 N–H and O–H groups in total. The summed E-state index contributed by atoms with van der Waals surface area (Å²) in [6.07, 6.45) is 0. The van der Waals surface area contributed by atoms with E-state index in [0.29, 0.717) is 12.2 Å². The van der Waals surface area contributed by atoms with Crippen LogP contribution >= 0.6 is 0 Å². The first-order valence-electron chi connectivity index (χ1n) is 4.91. The predicted molar refractivity (Wildman–Crippen MR) is 58.9 cm³/mol. The number of benzene rings is 1. The van der Waals surface area contributed by atoms with Gasteiger partial charge in [-0.25, -0.2) is 0 Å². The largest absolute Gasteiger partial charge is 0.494 e. The van der Waals surface area contributed by atoms with Gasteiger partial charge in [0.1, 0.15) is 11.8 Å². The van der Waals surface area contributed by atoms with Crippen LogP contribution in [-0.4, -0.2) is 11.6 Å². The van der Waals surface area contributed by atoms with Gasteiger partial charge in [-0.1, -0.05) is 0 Å². The second kappa shape index (κ2) is 3.66. The summed E-state index contributed by atoms with van der Waals surface area (Å²) in [6.45, 7) is 4.48. The molecule has 0 unspecified atom stereocenters. The topological polar surface area (TPSA) is 48.8 Å². The summed E-state index contributed by atoms with van der Waals surface area (Å²) in [5, 5.41) is 9.95. The van der Waals surface area contributed by atoms with Crippen LogP contribution in [0.15, 0.2) is 18.2 Å². The molecule has 0 amide bonds. The molecule has 3 nitrogen and oxygen atoms in total. The smallest absolute Gasteiger partial charge is 0.120 e. The van der Waals surface area contributed by atoms with Gasteiger partial charge in [0, 0.05) is 16.6 Å². The van der Waals surface area contributed by atoms with Gasteiger partial charge in [0.15, 0.2) is 0 Å². The molecule has 3 heteroatoms. The molecule has 0 saturated heterocycles. The average molecular weight is 200 g/mol. The van der Waals surface area contributed by atoms with E-state index in [0.717, 1.165) is 22.3 Å². The van der Waals surface area contributed by atoms with Crippen molar-refractivity contribution in [2.24, 2.45) is 0 Å². The van der Waals surface area contributed by atoms with Crippen molar-refractivity contribution in [2.75, 3.05) is 6.61 Å². The van der Waals surface area contributed by atoms with Crippen molar-refractivity contribution in [3.63, 3.8) is 0 Å². The Hall–Kier alpha value is -1.95. The van der Waals surface area contributed by atoms with Crippen molar-refractivity contribution in [3.05, 3.63) is 29.5 Å². The van der Waals surface area contributed by atoms with Crippen LogP contribution in [0.1, 0.15) is 18.2 Å². The fourth-order valence-corrected chi connectivity index (χ4v) is 1.71. The normalized spacial score (nSPS) is 10.2. The Balaban J connectivity index is 2.64. The van der Waals surface area contributed by atoms with Crippen LogP contribution in [0.25, 0.3) is 10.9 Å². The molecule has 0 aliphatic heterocycles. The average Bonchev–Trinajstić information content (AvgIpc) is 2.53. The van der Waals surface area contributed by atoms with Gasteiger partial charge in [-0.2, -0.15) is 5.26 Å². The third-order valence-electron chi connectivity index (χ3n) is 2.38. The zero-order valence-corrected chi connectivity index (χ0v) is 8.79. The molecule has 2 aromatic rings. The van der Waals surface area contributed by atoms with Crippen molar-refractivity contribution in [1.82, 2.24) is 4.98 Å². The maximum atomic E-state index is 9.02. The van der Waals surface area contributed by atoms with Gasteiger partial charge in [0.2, 0.25) is 0 Å². The summed E-state index contributed by atoms with van der Waals surface area (Å²) in [5.74, 6) is 0.806. The molecule has 15 heavy (non-hydrogen) atoms. The number of aromatic nitrogens is 1. The van der Waals surface area contributed by atoms with Crippen LogP contribution in [0.4, 0.5) is 0 Å². The van der Waals surface area contributed by atoms with E-state index in [1.54, 1.807) is 0 Å². The Morgan fingerprint density at radius 3 is 2.93 bits per heavy atom. The molecule has 0 radical (unpaired) electrons. The van der Waals surface area contributed by atoms with Gasteiger partial charge in [0.25, 0.3) is 0 Å². The molecule has 1 aromatic carbocycles. The molecule has 76 valence electrons. The standard InChI is InChI=1S/C12H12N2O/c1-3-15-9-4-5-12-10(6-9)11(7-13)8(2)14-12/h4-6,14H,3H2,1-2H3. The minimum absolute atomic E-state index is 0.636. The second-order valence-electron chi connectivity index (χ2n) is 3.38. The monoisotopic (exact) mass is 200 g/mol. The quantitative estimate of drug-likeness (QED) is 0.810. The lowest BCUT2D eigenvalue weighted by Gasteiger charge is -2.01. The van der Waals surface area contributed by atoms with E-state index in [9.17, 15) is 0 Å². The number of nitrogens with zero attached hydrogens (tertiary/aromatic N) is 1. The number of hydrogen-bond donors (Lipinski definition) is 1. The summed E-state index contributed by atoms with van der Waals surface area (Å²) in [6, 6.07) is 7.95. The first-order chi connectivity index (χ1) is 7.26. The Morgan fingerprint density at radius 1 is 1.47 bits per heavy atom. The number of ether oxygens (including phenoxy) is 1. The maximum Gasteiger partial charge on any atom is 0.120 e. The molecule has 1 heterocycles. The molecule has 1 aromatic heterocycles. The first-order valence-corrected chi connectivity index (χ1v) is 4.91. The second-order valence-corrected chi connectivity index (χ2v) is 3.38. The van der Waals surface area contributed by atoms with Crippen molar-refractivity contribution < 1.29 is 4.74 Å². The van der Waals surface area contributed by atoms with Crippen LogP contribution in [-0.2, 0) is 0 Å². The highest BCUT2D eigenvalue weighted by Gasteiger charge is 2.08. The molecule has 0 bridgehead atoms. The summed E-state index contributed by atoms with van der Waals surface area (Å²) < 4.78 is 5.40. The third kappa shape index (κ3) is 1.55. The highest BCUT2D eigenvalue weighted by molar-refractivity contribution is 5.88. The number of nitrogens with one attached hydrogen (secondary N) is 1. The number of fused-ring (bicyclic) bond motifs is 1. The molecule has 0 atom stereocenters. The van der Waals surface area contributed by atoms with E-state index in [4.69, 9.17) is 10.00 Å². The number of aryl methyl sites for hydroxylation is 1. The van der Waals surface area contributed by atoms with Crippen molar-refractivity contribution in [2.45, 2.75) is 13.8 Å². The molecule has 0 aliphatic carbocycles. The lowest BCUT2D eigenvalue weighted by Crippen LogP contribution is -1.90.